The summed E-state index contributed by atoms with van der Waals surface area (Å²) in [7, 11) is 1.57. The standard InChI is InChI=1S/C25H25F4N7O2/c1-3-30-20-12-19-16(13-32-20)23(18-8-9-21(37)35(2)33-18)34-36(19)14-4-6-15(7-5-14)38-24-22(26)17(10-11-31-24)25(27,28)29/h8-15H,3-7H2,1-2H3,(H,30,32)/t14-,15+. The van der Waals surface area contributed by atoms with Gasteiger partial charge in [-0.2, -0.15) is 23.4 Å². The Balaban J connectivity index is 1.41. The number of halogens is 4. The van der Waals surface area contributed by atoms with Gasteiger partial charge in [0.05, 0.1) is 17.1 Å². The molecule has 0 atom stereocenters. The molecule has 0 spiro atoms. The molecule has 4 heterocycles. The highest BCUT2D eigenvalue weighted by molar-refractivity contribution is 5.93. The van der Waals surface area contributed by atoms with Crippen LogP contribution < -0.4 is 15.6 Å². The third-order valence-corrected chi connectivity index (χ3v) is 6.58. The molecule has 0 amide bonds. The summed E-state index contributed by atoms with van der Waals surface area (Å²) in [6.45, 7) is 2.65. The molecular formula is C25H25F4N7O2. The highest BCUT2D eigenvalue weighted by Crippen LogP contribution is 2.38. The van der Waals surface area contributed by atoms with Crippen LogP contribution in [0.2, 0.25) is 0 Å². The van der Waals surface area contributed by atoms with E-state index in [9.17, 15) is 22.4 Å². The molecule has 1 fully saturated rings. The number of aromatic nitrogens is 6. The number of pyridine rings is 2. The van der Waals surface area contributed by atoms with Crippen LogP contribution >= 0.6 is 0 Å². The summed E-state index contributed by atoms with van der Waals surface area (Å²) in [6, 6.07) is 5.50. The predicted octanol–water partition coefficient (Wildman–Crippen LogP) is 4.74. The molecule has 5 rings (SSSR count). The maximum absolute atomic E-state index is 14.4. The fourth-order valence-corrected chi connectivity index (χ4v) is 4.70. The number of fused-ring (bicyclic) bond motifs is 1. The summed E-state index contributed by atoms with van der Waals surface area (Å²) in [5.41, 5.74) is 0.298. The maximum Gasteiger partial charge on any atom is 0.419 e. The van der Waals surface area contributed by atoms with Crippen LogP contribution in [0.4, 0.5) is 23.4 Å². The molecule has 0 aromatic carbocycles. The molecule has 1 saturated carbocycles. The SMILES string of the molecule is CCNc1cc2c(cn1)c(-c1ccc(=O)n(C)n1)nn2[C@H]1CC[C@@H](Oc2nccc(C(F)(F)F)c2F)CC1. The van der Waals surface area contributed by atoms with Crippen molar-refractivity contribution >= 4 is 16.7 Å². The Hall–Kier alpha value is -4.03. The van der Waals surface area contributed by atoms with E-state index in [4.69, 9.17) is 9.84 Å². The van der Waals surface area contributed by atoms with Crippen molar-refractivity contribution in [2.45, 2.75) is 50.9 Å². The summed E-state index contributed by atoms with van der Waals surface area (Å²) >= 11 is 0. The Kier molecular flexibility index (Phi) is 6.76. The van der Waals surface area contributed by atoms with Gasteiger partial charge in [0.1, 0.15) is 23.3 Å². The van der Waals surface area contributed by atoms with Gasteiger partial charge >= 0.3 is 6.18 Å². The number of hydrogen-bond donors (Lipinski definition) is 1. The number of nitrogens with zero attached hydrogens (tertiary/aromatic N) is 6. The van der Waals surface area contributed by atoms with Gasteiger partial charge in [-0.15, -0.1) is 0 Å². The molecule has 9 nitrogen and oxygen atoms in total. The molecular weight excluding hydrogens is 506 g/mol. The average molecular weight is 532 g/mol. The van der Waals surface area contributed by atoms with Crippen molar-refractivity contribution in [2.24, 2.45) is 7.05 Å². The first kappa shape index (κ1) is 25.6. The van der Waals surface area contributed by atoms with Gasteiger partial charge in [0.2, 0.25) is 0 Å². The Morgan fingerprint density at radius 2 is 1.87 bits per heavy atom. The van der Waals surface area contributed by atoms with Gasteiger partial charge in [0.15, 0.2) is 5.82 Å². The number of anilines is 1. The largest absolute Gasteiger partial charge is 0.472 e. The first-order valence-electron chi connectivity index (χ1n) is 12.2. The van der Waals surface area contributed by atoms with Crippen LogP contribution in [0.1, 0.15) is 44.2 Å². The van der Waals surface area contributed by atoms with E-state index in [1.54, 1.807) is 19.3 Å². The van der Waals surface area contributed by atoms with Crippen LogP contribution in [0.25, 0.3) is 22.3 Å². The number of hydrogen-bond acceptors (Lipinski definition) is 7. The highest BCUT2D eigenvalue weighted by Gasteiger charge is 2.36. The summed E-state index contributed by atoms with van der Waals surface area (Å²) in [5, 5.41) is 13.2. The summed E-state index contributed by atoms with van der Waals surface area (Å²) in [5.74, 6) is -1.46. The lowest BCUT2D eigenvalue weighted by molar-refractivity contribution is -0.140. The van der Waals surface area contributed by atoms with Crippen molar-refractivity contribution in [2.75, 3.05) is 11.9 Å². The normalized spacial score (nSPS) is 18.1. The molecule has 13 heteroatoms. The zero-order valence-corrected chi connectivity index (χ0v) is 20.7. The molecule has 1 N–H and O–H groups in total. The van der Waals surface area contributed by atoms with Crippen LogP contribution in [-0.4, -0.2) is 42.2 Å². The van der Waals surface area contributed by atoms with E-state index in [-0.39, 0.29) is 11.6 Å². The quantitative estimate of drug-likeness (QED) is 0.359. The number of rotatable bonds is 6. The lowest BCUT2D eigenvalue weighted by Gasteiger charge is -2.29. The number of alkyl halides is 3. The Morgan fingerprint density at radius 1 is 1.11 bits per heavy atom. The second-order valence-corrected chi connectivity index (χ2v) is 9.11. The van der Waals surface area contributed by atoms with E-state index >= 15 is 0 Å². The van der Waals surface area contributed by atoms with Crippen LogP contribution in [0, 0.1) is 5.82 Å². The first-order valence-corrected chi connectivity index (χ1v) is 12.2. The van der Waals surface area contributed by atoms with E-state index < -0.39 is 29.5 Å². The molecule has 38 heavy (non-hydrogen) atoms. The van der Waals surface area contributed by atoms with E-state index in [0.29, 0.717) is 55.5 Å². The fraction of sp³-hybridized carbons (Fsp3) is 0.400. The van der Waals surface area contributed by atoms with Gasteiger partial charge in [-0.1, -0.05) is 0 Å². The van der Waals surface area contributed by atoms with Gasteiger partial charge in [-0.25, -0.2) is 19.0 Å². The van der Waals surface area contributed by atoms with Crippen LogP contribution in [0.5, 0.6) is 5.88 Å². The van der Waals surface area contributed by atoms with Crippen molar-refractivity contribution in [3.05, 3.63) is 58.4 Å². The van der Waals surface area contributed by atoms with Crippen LogP contribution in [-0.2, 0) is 13.2 Å². The molecule has 4 aromatic rings. The minimum absolute atomic E-state index is 0.0465. The molecule has 1 aliphatic carbocycles. The molecule has 200 valence electrons. The molecule has 1 aliphatic rings. The second kappa shape index (κ2) is 10.0. The van der Waals surface area contributed by atoms with Crippen molar-refractivity contribution in [1.29, 1.82) is 0 Å². The Bertz CT molecular complexity index is 1520. The average Bonchev–Trinajstić information content (AvgIpc) is 3.26. The predicted molar refractivity (Wildman–Crippen MR) is 131 cm³/mol. The molecule has 0 saturated heterocycles. The van der Waals surface area contributed by atoms with Crippen molar-refractivity contribution in [1.82, 2.24) is 29.5 Å². The maximum atomic E-state index is 14.4. The summed E-state index contributed by atoms with van der Waals surface area (Å²) in [6.07, 6.45) is -0.556. The topological polar surface area (TPSA) is 99.8 Å². The number of aryl methyl sites for hydroxylation is 1. The minimum Gasteiger partial charge on any atom is -0.472 e. The minimum atomic E-state index is -4.83. The van der Waals surface area contributed by atoms with Gasteiger partial charge in [-0.3, -0.25) is 9.48 Å². The van der Waals surface area contributed by atoms with E-state index in [0.717, 1.165) is 17.1 Å². The van der Waals surface area contributed by atoms with E-state index in [1.807, 2.05) is 17.7 Å². The zero-order chi connectivity index (χ0) is 27.0. The monoisotopic (exact) mass is 531 g/mol. The van der Waals surface area contributed by atoms with Crippen molar-refractivity contribution < 1.29 is 22.3 Å². The van der Waals surface area contributed by atoms with E-state index in [1.165, 1.54) is 10.7 Å². The first-order chi connectivity index (χ1) is 18.2. The van der Waals surface area contributed by atoms with Gasteiger partial charge in [-0.05, 0) is 44.7 Å². The smallest absolute Gasteiger partial charge is 0.419 e. The zero-order valence-electron chi connectivity index (χ0n) is 20.7. The summed E-state index contributed by atoms with van der Waals surface area (Å²) < 4.78 is 62.3. The number of nitrogens with one attached hydrogen (secondary N) is 1. The molecule has 0 radical (unpaired) electrons. The van der Waals surface area contributed by atoms with Crippen LogP contribution in [0.15, 0.2) is 41.5 Å². The van der Waals surface area contributed by atoms with E-state index in [2.05, 4.69) is 20.4 Å². The second-order valence-electron chi connectivity index (χ2n) is 9.11. The van der Waals surface area contributed by atoms with Crippen molar-refractivity contribution in [3.8, 4) is 17.3 Å². The molecule has 0 unspecified atom stereocenters. The van der Waals surface area contributed by atoms with Crippen molar-refractivity contribution in [3.63, 3.8) is 0 Å². The number of ether oxygens (including phenoxy) is 1. The third kappa shape index (κ3) is 4.92. The molecule has 0 aliphatic heterocycles. The summed E-state index contributed by atoms with van der Waals surface area (Å²) in [4.78, 5) is 20.0. The Morgan fingerprint density at radius 3 is 2.55 bits per heavy atom. The van der Waals surface area contributed by atoms with Gasteiger partial charge < -0.3 is 10.1 Å². The highest BCUT2D eigenvalue weighted by atomic mass is 19.4. The fourth-order valence-electron chi connectivity index (χ4n) is 4.70. The Labute approximate surface area is 214 Å². The third-order valence-electron chi connectivity index (χ3n) is 6.58. The van der Waals surface area contributed by atoms with Gasteiger partial charge in [0, 0.05) is 43.5 Å². The molecule has 4 aromatic heterocycles. The van der Waals surface area contributed by atoms with Gasteiger partial charge in [0.25, 0.3) is 11.4 Å². The lowest BCUT2D eigenvalue weighted by atomic mass is 9.93. The molecule has 0 bridgehead atoms. The lowest BCUT2D eigenvalue weighted by Crippen LogP contribution is -2.27. The van der Waals surface area contributed by atoms with Crippen LogP contribution in [0.3, 0.4) is 0 Å².